The number of carbonyl (C=O) groups is 2. The molecule has 2 amide bonds. The number of aryl methyl sites for hydroxylation is 1. The summed E-state index contributed by atoms with van der Waals surface area (Å²) in [7, 11) is 0. The third kappa shape index (κ3) is 3.54. The second kappa shape index (κ2) is 7.75. The number of benzene rings is 3. The molecule has 4 nitrogen and oxygen atoms in total. The van der Waals surface area contributed by atoms with Gasteiger partial charge in [0, 0.05) is 14.8 Å². The largest absolute Gasteiger partial charge is 0.324 e. The lowest BCUT2D eigenvalue weighted by Crippen LogP contribution is -2.39. The van der Waals surface area contributed by atoms with Gasteiger partial charge in [0.15, 0.2) is 0 Å². The first-order valence-electron chi connectivity index (χ1n) is 9.05. The van der Waals surface area contributed by atoms with Crippen molar-refractivity contribution in [2.24, 2.45) is 0 Å². The minimum absolute atomic E-state index is 0.00288. The van der Waals surface area contributed by atoms with E-state index in [4.69, 9.17) is 0 Å². The molecule has 0 radical (unpaired) electrons. The van der Waals surface area contributed by atoms with E-state index in [1.54, 1.807) is 4.90 Å². The van der Waals surface area contributed by atoms with Crippen molar-refractivity contribution < 1.29 is 9.59 Å². The van der Waals surface area contributed by atoms with Crippen molar-refractivity contribution in [2.75, 3.05) is 11.9 Å². The van der Waals surface area contributed by atoms with E-state index in [2.05, 4.69) is 34.0 Å². The highest BCUT2D eigenvalue weighted by atomic mass is 127. The molecule has 0 bridgehead atoms. The average molecular weight is 482 g/mol. The maximum absolute atomic E-state index is 13.5. The first-order chi connectivity index (χ1) is 13.5. The molecule has 0 unspecified atom stereocenters. The van der Waals surface area contributed by atoms with Gasteiger partial charge in [-0.25, -0.2) is 0 Å². The van der Waals surface area contributed by atoms with Gasteiger partial charge >= 0.3 is 0 Å². The molecule has 3 aromatic carbocycles. The van der Waals surface area contributed by atoms with Gasteiger partial charge in [0.2, 0.25) is 5.91 Å². The summed E-state index contributed by atoms with van der Waals surface area (Å²) in [4.78, 5) is 27.8. The van der Waals surface area contributed by atoms with Gasteiger partial charge in [-0.15, -0.1) is 0 Å². The molecule has 1 heterocycles. The molecule has 0 aliphatic carbocycles. The van der Waals surface area contributed by atoms with Gasteiger partial charge in [-0.05, 0) is 53.3 Å². The van der Waals surface area contributed by atoms with E-state index in [0.29, 0.717) is 5.56 Å². The number of fused-ring (bicyclic) bond motifs is 1. The molecule has 0 fully saturated rings. The lowest BCUT2D eigenvalue weighted by molar-refractivity contribution is -0.117. The van der Waals surface area contributed by atoms with Crippen LogP contribution in [0.1, 0.15) is 33.1 Å². The molecule has 28 heavy (non-hydrogen) atoms. The maximum Gasteiger partial charge on any atom is 0.256 e. The van der Waals surface area contributed by atoms with Crippen LogP contribution in [-0.4, -0.2) is 23.3 Å². The molecule has 0 spiro atoms. The maximum atomic E-state index is 13.5. The Balaban J connectivity index is 1.91. The Morgan fingerprint density at radius 2 is 1.75 bits per heavy atom. The molecule has 1 atom stereocenters. The summed E-state index contributed by atoms with van der Waals surface area (Å²) in [6.45, 7) is 2.01. The number of hydrogen-bond donors (Lipinski definition) is 1. The molecule has 140 valence electrons. The van der Waals surface area contributed by atoms with Gasteiger partial charge in [-0.1, -0.05) is 60.2 Å². The molecule has 1 aliphatic rings. The van der Waals surface area contributed by atoms with Gasteiger partial charge in [-0.3, -0.25) is 9.59 Å². The molecular weight excluding hydrogens is 463 g/mol. The summed E-state index contributed by atoms with van der Waals surface area (Å²) >= 11 is 2.17. The summed E-state index contributed by atoms with van der Waals surface area (Å²) in [6.07, 6.45) is 0. The van der Waals surface area contributed by atoms with Crippen LogP contribution in [0, 0.1) is 10.5 Å². The highest BCUT2D eigenvalue weighted by Crippen LogP contribution is 2.37. The average Bonchev–Trinajstić information content (AvgIpc) is 2.84. The first kappa shape index (κ1) is 18.7. The van der Waals surface area contributed by atoms with Crippen molar-refractivity contribution in [3.8, 4) is 0 Å². The van der Waals surface area contributed by atoms with Gasteiger partial charge in [0.1, 0.15) is 6.54 Å². The van der Waals surface area contributed by atoms with Gasteiger partial charge in [-0.2, -0.15) is 0 Å². The zero-order valence-electron chi connectivity index (χ0n) is 15.4. The Labute approximate surface area is 177 Å². The molecule has 5 heteroatoms. The van der Waals surface area contributed by atoms with Crippen molar-refractivity contribution in [3.63, 3.8) is 0 Å². The second-order valence-corrected chi connectivity index (χ2v) is 8.03. The van der Waals surface area contributed by atoms with Crippen molar-refractivity contribution in [3.05, 3.63) is 98.6 Å². The normalized spacial score (nSPS) is 16.1. The van der Waals surface area contributed by atoms with Crippen molar-refractivity contribution >= 4 is 40.1 Å². The van der Waals surface area contributed by atoms with E-state index in [1.165, 1.54) is 0 Å². The van der Waals surface area contributed by atoms with Crippen LogP contribution >= 0.6 is 22.6 Å². The summed E-state index contributed by atoms with van der Waals surface area (Å²) in [5.74, 6) is -0.341. The highest BCUT2D eigenvalue weighted by molar-refractivity contribution is 14.1. The Kier molecular flexibility index (Phi) is 5.17. The van der Waals surface area contributed by atoms with Crippen LogP contribution in [0.3, 0.4) is 0 Å². The van der Waals surface area contributed by atoms with Crippen LogP contribution in [0.2, 0.25) is 0 Å². The SMILES string of the molecule is Cc1ccc2c(c1)[C@@H](c1ccccc1)N(C(=O)c1ccccc1I)CC(=O)N2. The molecule has 0 saturated carbocycles. The fraction of sp³-hybridized carbons (Fsp3) is 0.130. The zero-order chi connectivity index (χ0) is 19.7. The van der Waals surface area contributed by atoms with E-state index in [9.17, 15) is 9.59 Å². The quantitative estimate of drug-likeness (QED) is 0.535. The van der Waals surface area contributed by atoms with Crippen LogP contribution < -0.4 is 5.32 Å². The number of carbonyl (C=O) groups excluding carboxylic acids is 2. The Hall–Kier alpha value is -2.67. The molecular formula is C23H19IN2O2. The zero-order valence-corrected chi connectivity index (χ0v) is 17.5. The summed E-state index contributed by atoms with van der Waals surface area (Å²) in [6, 6.07) is 22.9. The fourth-order valence-corrected chi connectivity index (χ4v) is 4.22. The van der Waals surface area contributed by atoms with Crippen molar-refractivity contribution in [1.29, 1.82) is 0 Å². The van der Waals surface area contributed by atoms with Crippen LogP contribution in [0.25, 0.3) is 0 Å². The van der Waals surface area contributed by atoms with Crippen LogP contribution in [-0.2, 0) is 4.79 Å². The Morgan fingerprint density at radius 1 is 1.04 bits per heavy atom. The van der Waals surface area contributed by atoms with Crippen molar-refractivity contribution in [1.82, 2.24) is 4.90 Å². The van der Waals surface area contributed by atoms with Crippen LogP contribution in [0.15, 0.2) is 72.8 Å². The first-order valence-corrected chi connectivity index (χ1v) is 10.1. The topological polar surface area (TPSA) is 49.4 Å². The molecule has 1 aliphatic heterocycles. The summed E-state index contributed by atoms with van der Waals surface area (Å²) < 4.78 is 0.867. The second-order valence-electron chi connectivity index (χ2n) is 6.87. The smallest absolute Gasteiger partial charge is 0.256 e. The van der Waals surface area contributed by atoms with E-state index < -0.39 is 0 Å². The monoisotopic (exact) mass is 482 g/mol. The van der Waals surface area contributed by atoms with Crippen LogP contribution in [0.5, 0.6) is 0 Å². The minimum atomic E-state index is -0.349. The van der Waals surface area contributed by atoms with E-state index in [-0.39, 0.29) is 24.4 Å². The number of halogens is 1. The fourth-order valence-electron chi connectivity index (χ4n) is 3.60. The third-order valence-corrected chi connectivity index (χ3v) is 5.82. The number of nitrogens with zero attached hydrogens (tertiary/aromatic N) is 1. The number of amides is 2. The Morgan fingerprint density at radius 3 is 2.50 bits per heavy atom. The van der Waals surface area contributed by atoms with E-state index in [1.807, 2.05) is 73.7 Å². The number of anilines is 1. The molecule has 0 saturated heterocycles. The van der Waals surface area contributed by atoms with Gasteiger partial charge < -0.3 is 10.2 Å². The molecule has 0 aromatic heterocycles. The lowest BCUT2D eigenvalue weighted by Gasteiger charge is -2.31. The van der Waals surface area contributed by atoms with Crippen LogP contribution in [0.4, 0.5) is 5.69 Å². The minimum Gasteiger partial charge on any atom is -0.324 e. The molecule has 4 rings (SSSR count). The lowest BCUT2D eigenvalue weighted by atomic mass is 9.94. The number of rotatable bonds is 2. The number of hydrogen-bond acceptors (Lipinski definition) is 2. The predicted molar refractivity (Wildman–Crippen MR) is 118 cm³/mol. The van der Waals surface area contributed by atoms with Gasteiger partial charge in [0.05, 0.1) is 11.6 Å². The predicted octanol–water partition coefficient (Wildman–Crippen LogP) is 4.78. The van der Waals surface area contributed by atoms with Gasteiger partial charge in [0.25, 0.3) is 5.91 Å². The number of nitrogens with one attached hydrogen (secondary N) is 1. The Bertz CT molecular complexity index is 1050. The van der Waals surface area contributed by atoms with E-state index >= 15 is 0 Å². The standard InChI is InChI=1S/C23H19IN2O2/c1-15-11-12-20-18(13-15)22(16-7-3-2-4-8-16)26(14-21(27)25-20)23(28)17-9-5-6-10-19(17)24/h2-13,22H,14H2,1H3,(H,25,27)/t22-/m1/s1. The van der Waals surface area contributed by atoms with Crippen molar-refractivity contribution in [2.45, 2.75) is 13.0 Å². The third-order valence-electron chi connectivity index (χ3n) is 4.88. The summed E-state index contributed by atoms with van der Waals surface area (Å²) in [5, 5.41) is 2.97. The highest BCUT2D eigenvalue weighted by Gasteiger charge is 2.34. The molecule has 3 aromatic rings. The van der Waals surface area contributed by atoms with E-state index in [0.717, 1.165) is 25.9 Å². The molecule has 1 N–H and O–H groups in total. The summed E-state index contributed by atoms with van der Waals surface area (Å²) in [5.41, 5.74) is 4.34.